The van der Waals surface area contributed by atoms with Gasteiger partial charge in [-0.15, -0.1) is 0 Å². The van der Waals surface area contributed by atoms with Crippen LogP contribution in [0.4, 0.5) is 0 Å². The minimum Gasteiger partial charge on any atom is -0.492 e. The Morgan fingerprint density at radius 2 is 2.11 bits per heavy atom. The molecule has 3 rings (SSSR count). The van der Waals surface area contributed by atoms with E-state index in [4.69, 9.17) is 17.0 Å². The Hall–Kier alpha value is -1.62. The van der Waals surface area contributed by atoms with Crippen molar-refractivity contribution in [2.75, 3.05) is 6.61 Å². The van der Waals surface area contributed by atoms with Crippen molar-refractivity contribution in [1.29, 1.82) is 0 Å². The van der Waals surface area contributed by atoms with Crippen LogP contribution in [0, 0.1) is 4.77 Å². The van der Waals surface area contributed by atoms with Gasteiger partial charge in [-0.05, 0) is 37.2 Å². The molecule has 1 aliphatic carbocycles. The van der Waals surface area contributed by atoms with Gasteiger partial charge in [0, 0.05) is 5.92 Å². The molecule has 1 fully saturated rings. The van der Waals surface area contributed by atoms with Gasteiger partial charge in [0.1, 0.15) is 18.2 Å². The van der Waals surface area contributed by atoms with Gasteiger partial charge in [-0.1, -0.05) is 18.2 Å². The Kier molecular flexibility index (Phi) is 3.15. The van der Waals surface area contributed by atoms with Gasteiger partial charge in [0.15, 0.2) is 4.77 Å². The average molecular weight is 261 g/mol. The van der Waals surface area contributed by atoms with E-state index >= 15 is 0 Å². The van der Waals surface area contributed by atoms with Crippen LogP contribution in [0.2, 0.25) is 0 Å². The predicted molar refractivity (Wildman–Crippen MR) is 71.3 cm³/mol. The van der Waals surface area contributed by atoms with Crippen molar-refractivity contribution in [3.63, 3.8) is 0 Å². The fraction of sp³-hybridized carbons (Fsp3) is 0.385. The minimum atomic E-state index is 0.592. The highest BCUT2D eigenvalue weighted by molar-refractivity contribution is 7.71. The topological polar surface area (TPSA) is 42.8 Å². The lowest BCUT2D eigenvalue weighted by Gasteiger charge is -2.08. The Bertz CT molecular complexity index is 571. The van der Waals surface area contributed by atoms with Crippen LogP contribution in [0.3, 0.4) is 0 Å². The summed E-state index contributed by atoms with van der Waals surface area (Å²) < 4.78 is 8.42. The zero-order valence-corrected chi connectivity index (χ0v) is 10.8. The molecule has 0 saturated heterocycles. The zero-order valence-electron chi connectivity index (χ0n) is 10.0. The summed E-state index contributed by atoms with van der Waals surface area (Å²) in [7, 11) is 0. The van der Waals surface area contributed by atoms with Crippen LogP contribution in [0.25, 0.3) is 0 Å². The van der Waals surface area contributed by atoms with Gasteiger partial charge >= 0.3 is 0 Å². The van der Waals surface area contributed by atoms with E-state index in [9.17, 15) is 0 Å². The van der Waals surface area contributed by atoms with Crippen LogP contribution >= 0.6 is 12.2 Å². The van der Waals surface area contributed by atoms with Crippen LogP contribution in [0.1, 0.15) is 24.6 Å². The number of para-hydroxylation sites is 1. The second kappa shape index (κ2) is 4.94. The summed E-state index contributed by atoms with van der Waals surface area (Å²) in [6, 6.07) is 9.82. The van der Waals surface area contributed by atoms with Crippen molar-refractivity contribution >= 4 is 12.2 Å². The molecular formula is C13H15N3OS. The zero-order chi connectivity index (χ0) is 12.4. The third-order valence-electron chi connectivity index (χ3n) is 3.06. The molecule has 18 heavy (non-hydrogen) atoms. The number of hydrogen-bond donors (Lipinski definition) is 1. The van der Waals surface area contributed by atoms with E-state index in [1.807, 2.05) is 30.3 Å². The summed E-state index contributed by atoms with van der Waals surface area (Å²) in [4.78, 5) is 0. The van der Waals surface area contributed by atoms with Gasteiger partial charge in [-0.3, -0.25) is 5.10 Å². The number of rotatable bonds is 5. The summed E-state index contributed by atoms with van der Waals surface area (Å²) in [6.45, 7) is 1.35. The van der Waals surface area contributed by atoms with E-state index in [2.05, 4.69) is 14.8 Å². The molecule has 1 saturated carbocycles. The Balaban J connectivity index is 1.63. The van der Waals surface area contributed by atoms with E-state index in [1.54, 1.807) is 0 Å². The lowest BCUT2D eigenvalue weighted by atomic mass is 10.3. The van der Waals surface area contributed by atoms with Crippen LogP contribution in [-0.4, -0.2) is 21.4 Å². The molecule has 5 heteroatoms. The normalized spacial score (nSPS) is 14.7. The summed E-state index contributed by atoms with van der Waals surface area (Å²) in [5, 5.41) is 7.16. The highest BCUT2D eigenvalue weighted by atomic mass is 32.1. The number of H-pyrrole nitrogens is 1. The number of nitrogens with one attached hydrogen (secondary N) is 1. The first-order valence-corrected chi connectivity index (χ1v) is 6.58. The molecule has 94 valence electrons. The van der Waals surface area contributed by atoms with Crippen molar-refractivity contribution in [2.45, 2.75) is 25.3 Å². The number of nitrogens with zero attached hydrogens (tertiary/aromatic N) is 2. The lowest BCUT2D eigenvalue weighted by Crippen LogP contribution is -2.11. The molecule has 1 N–H and O–H groups in total. The predicted octanol–water partition coefficient (Wildman–Crippen LogP) is 2.90. The molecule has 0 unspecified atom stereocenters. The van der Waals surface area contributed by atoms with E-state index in [1.165, 1.54) is 12.8 Å². The van der Waals surface area contributed by atoms with Gasteiger partial charge in [0.25, 0.3) is 0 Å². The third-order valence-corrected chi connectivity index (χ3v) is 3.37. The van der Waals surface area contributed by atoms with Crippen molar-refractivity contribution < 1.29 is 4.74 Å². The van der Waals surface area contributed by atoms with Gasteiger partial charge in [-0.2, -0.15) is 5.10 Å². The molecule has 4 nitrogen and oxygen atoms in total. The van der Waals surface area contributed by atoms with Gasteiger partial charge < -0.3 is 9.30 Å². The monoisotopic (exact) mass is 261 g/mol. The largest absolute Gasteiger partial charge is 0.492 e. The number of hydrogen-bond acceptors (Lipinski definition) is 3. The van der Waals surface area contributed by atoms with Crippen molar-refractivity contribution in [1.82, 2.24) is 14.8 Å². The SMILES string of the molecule is S=c1[nH]nc(C2CC2)n1CCOc1ccccc1. The summed E-state index contributed by atoms with van der Waals surface area (Å²) in [5.41, 5.74) is 0. The fourth-order valence-electron chi connectivity index (χ4n) is 1.97. The summed E-state index contributed by atoms with van der Waals surface area (Å²) >= 11 is 5.24. The molecule has 0 amide bonds. The standard InChI is InChI=1S/C13H15N3OS/c18-13-15-14-12(10-6-7-10)16(13)8-9-17-11-4-2-1-3-5-11/h1-5,10H,6-9H2,(H,15,18). The molecule has 1 aliphatic rings. The number of benzene rings is 1. The van der Waals surface area contributed by atoms with Crippen LogP contribution in [0.15, 0.2) is 30.3 Å². The Morgan fingerprint density at radius 3 is 2.83 bits per heavy atom. The van der Waals surface area contributed by atoms with E-state index in [-0.39, 0.29) is 0 Å². The molecule has 1 aromatic heterocycles. The quantitative estimate of drug-likeness (QED) is 0.842. The van der Waals surface area contributed by atoms with Crippen molar-refractivity contribution in [2.24, 2.45) is 0 Å². The van der Waals surface area contributed by atoms with E-state index in [0.717, 1.165) is 18.1 Å². The van der Waals surface area contributed by atoms with Gasteiger partial charge in [-0.25, -0.2) is 0 Å². The average Bonchev–Trinajstić information content (AvgIpc) is 3.17. The molecule has 0 aliphatic heterocycles. The number of aromatic nitrogens is 3. The molecule has 0 atom stereocenters. The number of aromatic amines is 1. The number of ether oxygens (including phenoxy) is 1. The van der Waals surface area contributed by atoms with Gasteiger partial charge in [0.2, 0.25) is 0 Å². The first-order chi connectivity index (χ1) is 8.84. The fourth-order valence-corrected chi connectivity index (χ4v) is 2.20. The maximum Gasteiger partial charge on any atom is 0.195 e. The maximum atomic E-state index is 5.68. The highest BCUT2D eigenvalue weighted by Crippen LogP contribution is 2.38. The minimum absolute atomic E-state index is 0.592. The van der Waals surface area contributed by atoms with E-state index in [0.29, 0.717) is 17.3 Å². The van der Waals surface area contributed by atoms with Crippen LogP contribution in [0.5, 0.6) is 5.75 Å². The third kappa shape index (κ3) is 2.46. The Morgan fingerprint density at radius 1 is 1.33 bits per heavy atom. The molecule has 2 aromatic rings. The van der Waals surface area contributed by atoms with Crippen LogP contribution < -0.4 is 4.74 Å². The van der Waals surface area contributed by atoms with Crippen molar-refractivity contribution in [3.8, 4) is 5.75 Å². The molecule has 1 heterocycles. The van der Waals surface area contributed by atoms with E-state index < -0.39 is 0 Å². The molecule has 0 spiro atoms. The Labute approximate surface area is 111 Å². The molecule has 0 bridgehead atoms. The maximum absolute atomic E-state index is 5.68. The molecule has 1 aromatic carbocycles. The first-order valence-electron chi connectivity index (χ1n) is 6.17. The lowest BCUT2D eigenvalue weighted by molar-refractivity contribution is 0.295. The van der Waals surface area contributed by atoms with Crippen molar-refractivity contribution in [3.05, 3.63) is 40.9 Å². The smallest absolute Gasteiger partial charge is 0.195 e. The summed E-state index contributed by atoms with van der Waals surface area (Å²) in [6.07, 6.45) is 2.44. The van der Waals surface area contributed by atoms with Gasteiger partial charge in [0.05, 0.1) is 6.54 Å². The molecule has 0 radical (unpaired) electrons. The first kappa shape index (κ1) is 11.5. The molecular weight excluding hydrogens is 246 g/mol. The second-order valence-corrected chi connectivity index (χ2v) is 4.86. The van der Waals surface area contributed by atoms with Crippen LogP contribution in [-0.2, 0) is 6.54 Å². The second-order valence-electron chi connectivity index (χ2n) is 4.47. The highest BCUT2D eigenvalue weighted by Gasteiger charge is 2.28. The summed E-state index contributed by atoms with van der Waals surface area (Å²) in [5.74, 6) is 2.56.